The van der Waals surface area contributed by atoms with Crippen LogP contribution in [-0.2, 0) is 6.42 Å². The third-order valence-electron chi connectivity index (χ3n) is 2.88. The molecule has 1 aromatic carbocycles. The first-order valence-electron chi connectivity index (χ1n) is 6.32. The highest BCUT2D eigenvalue weighted by molar-refractivity contribution is 7.10. The predicted molar refractivity (Wildman–Crippen MR) is 73.9 cm³/mol. The van der Waals surface area contributed by atoms with Crippen molar-refractivity contribution < 1.29 is 4.52 Å². The number of hydrogen-bond donors (Lipinski definition) is 0. The van der Waals surface area contributed by atoms with Gasteiger partial charge in [-0.2, -0.15) is 0 Å². The van der Waals surface area contributed by atoms with Crippen LogP contribution in [0.25, 0.3) is 0 Å². The highest BCUT2D eigenvalue weighted by Crippen LogP contribution is 2.16. The van der Waals surface area contributed by atoms with Crippen LogP contribution in [0.2, 0.25) is 0 Å². The van der Waals surface area contributed by atoms with E-state index < -0.39 is 0 Å². The van der Waals surface area contributed by atoms with Crippen molar-refractivity contribution in [2.24, 2.45) is 0 Å². The molecule has 0 radical (unpaired) electrons. The van der Waals surface area contributed by atoms with Gasteiger partial charge in [-0.1, -0.05) is 51.2 Å². The third-order valence-corrected chi connectivity index (χ3v) is 3.15. The molecule has 0 amide bonds. The Morgan fingerprint density at radius 1 is 0.938 bits per heavy atom. The van der Waals surface area contributed by atoms with Crippen molar-refractivity contribution in [2.45, 2.75) is 51.9 Å². The van der Waals surface area contributed by atoms with Crippen LogP contribution in [0, 0.1) is 0 Å². The smallest absolute Gasteiger partial charge is 0.122 e. The molecule has 16 heavy (non-hydrogen) atoms. The van der Waals surface area contributed by atoms with Gasteiger partial charge in [0.15, 0.2) is 0 Å². The summed E-state index contributed by atoms with van der Waals surface area (Å²) in [6.07, 6.45) is 9.38. The number of unbranched alkanes of at least 4 members (excludes halogenated alkanes) is 5. The molecule has 90 valence electrons. The normalized spacial score (nSPS) is 10.4. The first-order chi connectivity index (χ1) is 7.86. The molecule has 0 aliphatic carbocycles. The summed E-state index contributed by atoms with van der Waals surface area (Å²) in [5.74, 6) is 0.914. The molecule has 1 rings (SSSR count). The number of aryl methyl sites for hydroxylation is 1. The minimum absolute atomic E-state index is 0.914. The Morgan fingerprint density at radius 3 is 2.19 bits per heavy atom. The molecule has 0 spiro atoms. The summed E-state index contributed by atoms with van der Waals surface area (Å²) in [4.78, 5) is 0. The zero-order valence-electron chi connectivity index (χ0n) is 10.2. The third kappa shape index (κ3) is 5.51. The van der Waals surface area contributed by atoms with Crippen LogP contribution in [0.3, 0.4) is 0 Å². The summed E-state index contributed by atoms with van der Waals surface area (Å²) in [5, 5.41) is 0. The summed E-state index contributed by atoms with van der Waals surface area (Å²) < 4.78 is 5.06. The van der Waals surface area contributed by atoms with Crippen LogP contribution < -0.4 is 4.52 Å². The average Bonchev–Trinajstić information content (AvgIpc) is 2.34. The van der Waals surface area contributed by atoms with Gasteiger partial charge in [0.1, 0.15) is 5.75 Å². The minimum Gasteiger partial charge on any atom is -0.480 e. The minimum atomic E-state index is 0.914. The van der Waals surface area contributed by atoms with Gasteiger partial charge in [0, 0.05) is 0 Å². The van der Waals surface area contributed by atoms with Gasteiger partial charge in [0.2, 0.25) is 0 Å². The van der Waals surface area contributed by atoms with Crippen molar-refractivity contribution in [2.75, 3.05) is 0 Å². The molecule has 0 saturated carbocycles. The van der Waals surface area contributed by atoms with E-state index in [1.165, 1.54) is 50.5 Å². The Hall–Kier alpha value is -0.550. The SMILES string of the molecule is CCCCCCCCc1ccc(OP)cc1. The molecule has 0 aliphatic heterocycles. The molecule has 0 fully saturated rings. The molecule has 1 unspecified atom stereocenters. The number of benzene rings is 1. The van der Waals surface area contributed by atoms with Crippen molar-refractivity contribution >= 4 is 9.47 Å². The molecule has 0 bridgehead atoms. The summed E-state index contributed by atoms with van der Waals surface area (Å²) in [6.45, 7) is 2.26. The molecular formula is C14H23OP. The lowest BCUT2D eigenvalue weighted by Gasteiger charge is -2.03. The van der Waals surface area contributed by atoms with E-state index >= 15 is 0 Å². The van der Waals surface area contributed by atoms with Gasteiger partial charge in [-0.05, 0) is 30.5 Å². The fraction of sp³-hybridized carbons (Fsp3) is 0.571. The molecule has 0 aliphatic rings. The maximum atomic E-state index is 5.06. The van der Waals surface area contributed by atoms with E-state index in [2.05, 4.69) is 28.5 Å². The van der Waals surface area contributed by atoms with Gasteiger partial charge >= 0.3 is 0 Å². The first-order valence-corrected chi connectivity index (χ1v) is 6.79. The van der Waals surface area contributed by atoms with Crippen molar-refractivity contribution in [1.82, 2.24) is 0 Å². The van der Waals surface area contributed by atoms with E-state index in [1.54, 1.807) is 0 Å². The largest absolute Gasteiger partial charge is 0.480 e. The second kappa shape index (κ2) is 8.58. The summed E-state index contributed by atoms with van der Waals surface area (Å²) in [5.41, 5.74) is 1.42. The van der Waals surface area contributed by atoms with E-state index in [0.717, 1.165) is 5.75 Å². The molecule has 2 heteroatoms. The van der Waals surface area contributed by atoms with E-state index in [9.17, 15) is 0 Å². The fourth-order valence-electron chi connectivity index (χ4n) is 1.84. The Morgan fingerprint density at radius 2 is 1.56 bits per heavy atom. The Labute approximate surface area is 102 Å². The first kappa shape index (κ1) is 13.5. The maximum Gasteiger partial charge on any atom is 0.122 e. The summed E-state index contributed by atoms with van der Waals surface area (Å²) >= 11 is 0. The molecule has 1 atom stereocenters. The molecule has 0 saturated heterocycles. The topological polar surface area (TPSA) is 9.23 Å². The van der Waals surface area contributed by atoms with Gasteiger partial charge in [-0.15, -0.1) is 0 Å². The zero-order valence-corrected chi connectivity index (χ0v) is 11.4. The van der Waals surface area contributed by atoms with Crippen molar-refractivity contribution in [3.63, 3.8) is 0 Å². The fourth-order valence-corrected chi connectivity index (χ4v) is 2.00. The Balaban J connectivity index is 2.12. The van der Waals surface area contributed by atoms with Gasteiger partial charge < -0.3 is 4.52 Å². The van der Waals surface area contributed by atoms with Crippen LogP contribution in [-0.4, -0.2) is 0 Å². The van der Waals surface area contributed by atoms with Crippen LogP contribution in [0.5, 0.6) is 5.75 Å². The number of rotatable bonds is 8. The lowest BCUT2D eigenvalue weighted by atomic mass is 10.1. The predicted octanol–water partition coefficient (Wildman–Crippen LogP) is 4.76. The van der Waals surface area contributed by atoms with Crippen LogP contribution in [0.4, 0.5) is 0 Å². The maximum absolute atomic E-state index is 5.06. The van der Waals surface area contributed by atoms with Gasteiger partial charge in [0.05, 0.1) is 9.47 Å². The van der Waals surface area contributed by atoms with E-state index in [0.29, 0.717) is 0 Å². The van der Waals surface area contributed by atoms with Crippen LogP contribution in [0.15, 0.2) is 24.3 Å². The molecule has 1 nitrogen and oxygen atoms in total. The van der Waals surface area contributed by atoms with Crippen LogP contribution in [0.1, 0.15) is 51.0 Å². The van der Waals surface area contributed by atoms with E-state index in [-0.39, 0.29) is 0 Å². The molecule has 1 aromatic rings. The lowest BCUT2D eigenvalue weighted by molar-refractivity contribution is 0.607. The Kier molecular flexibility index (Phi) is 7.25. The highest BCUT2D eigenvalue weighted by Gasteiger charge is 1.95. The Bertz CT molecular complexity index is 269. The summed E-state index contributed by atoms with van der Waals surface area (Å²) in [7, 11) is 2.27. The van der Waals surface area contributed by atoms with Gasteiger partial charge in [-0.25, -0.2) is 0 Å². The monoisotopic (exact) mass is 238 g/mol. The van der Waals surface area contributed by atoms with Crippen molar-refractivity contribution in [3.8, 4) is 5.75 Å². The average molecular weight is 238 g/mol. The number of hydrogen-bond acceptors (Lipinski definition) is 1. The molecule has 0 N–H and O–H groups in total. The van der Waals surface area contributed by atoms with Crippen LogP contribution >= 0.6 is 9.47 Å². The second-order valence-corrected chi connectivity index (χ2v) is 4.52. The summed E-state index contributed by atoms with van der Waals surface area (Å²) in [6, 6.07) is 8.37. The van der Waals surface area contributed by atoms with Gasteiger partial charge in [-0.3, -0.25) is 0 Å². The highest BCUT2D eigenvalue weighted by atomic mass is 31.0. The van der Waals surface area contributed by atoms with Crippen molar-refractivity contribution in [1.29, 1.82) is 0 Å². The van der Waals surface area contributed by atoms with E-state index in [4.69, 9.17) is 4.52 Å². The van der Waals surface area contributed by atoms with Crippen molar-refractivity contribution in [3.05, 3.63) is 29.8 Å². The second-order valence-electron chi connectivity index (χ2n) is 4.28. The molecule has 0 heterocycles. The molecule has 0 aromatic heterocycles. The quantitative estimate of drug-likeness (QED) is 0.468. The van der Waals surface area contributed by atoms with E-state index in [1.807, 2.05) is 12.1 Å². The lowest BCUT2D eigenvalue weighted by Crippen LogP contribution is -1.86. The van der Waals surface area contributed by atoms with Gasteiger partial charge in [0.25, 0.3) is 0 Å². The zero-order chi connectivity index (χ0) is 11.6. The molecular weight excluding hydrogens is 215 g/mol. The standard InChI is InChI=1S/C14H23OP/c1-2-3-4-5-6-7-8-13-9-11-14(15-16)12-10-13/h9-12H,2-8,16H2,1H3.